The molecule has 8 heteroatoms. The lowest BCUT2D eigenvalue weighted by Gasteiger charge is -2.46. The van der Waals surface area contributed by atoms with E-state index in [1.54, 1.807) is 16.9 Å². The molecule has 156 valence electrons. The summed E-state index contributed by atoms with van der Waals surface area (Å²) in [6.07, 6.45) is 2.10. The van der Waals surface area contributed by atoms with Crippen molar-refractivity contribution < 1.29 is 19.1 Å². The lowest BCUT2D eigenvalue weighted by Crippen LogP contribution is -2.70. The van der Waals surface area contributed by atoms with E-state index in [9.17, 15) is 14.4 Å². The Bertz CT molecular complexity index is 775. The number of hydrogen-bond acceptors (Lipinski definition) is 5. The number of piperidine rings is 1. The Hall–Kier alpha value is -2.61. The highest BCUT2D eigenvalue weighted by atomic mass is 16.5. The summed E-state index contributed by atoms with van der Waals surface area (Å²) in [5, 5.41) is 6.14. The molecule has 3 fully saturated rings. The van der Waals surface area contributed by atoms with Crippen molar-refractivity contribution in [2.45, 2.75) is 31.3 Å². The van der Waals surface area contributed by atoms with E-state index in [0.29, 0.717) is 19.5 Å². The molecule has 8 nitrogen and oxygen atoms in total. The molecule has 3 aliphatic rings. The highest BCUT2D eigenvalue weighted by molar-refractivity contribution is 5.98. The zero-order valence-corrected chi connectivity index (χ0v) is 16.7. The fourth-order valence-electron chi connectivity index (χ4n) is 4.46. The van der Waals surface area contributed by atoms with Crippen LogP contribution in [0.4, 0.5) is 0 Å². The van der Waals surface area contributed by atoms with Crippen LogP contribution in [-0.4, -0.2) is 79.4 Å². The quantitative estimate of drug-likeness (QED) is 0.729. The van der Waals surface area contributed by atoms with Crippen molar-refractivity contribution in [3.05, 3.63) is 29.8 Å². The fourth-order valence-corrected chi connectivity index (χ4v) is 4.46. The molecule has 0 unspecified atom stereocenters. The average Bonchev–Trinajstić information content (AvgIpc) is 2.77. The van der Waals surface area contributed by atoms with Gasteiger partial charge in [0.1, 0.15) is 17.8 Å². The first-order valence-electron chi connectivity index (χ1n) is 10.3. The van der Waals surface area contributed by atoms with Crippen molar-refractivity contribution in [1.82, 2.24) is 20.4 Å². The van der Waals surface area contributed by atoms with E-state index in [-0.39, 0.29) is 30.2 Å². The topological polar surface area (TPSA) is 91.0 Å². The number of nitrogens with one attached hydrogen (secondary N) is 2. The Morgan fingerprint density at radius 3 is 2.55 bits per heavy atom. The maximum atomic E-state index is 13.0. The van der Waals surface area contributed by atoms with Gasteiger partial charge in [0.25, 0.3) is 0 Å². The van der Waals surface area contributed by atoms with Crippen molar-refractivity contribution in [2.24, 2.45) is 5.92 Å². The highest BCUT2D eigenvalue weighted by Gasteiger charge is 2.44. The van der Waals surface area contributed by atoms with E-state index in [1.807, 2.05) is 24.3 Å². The van der Waals surface area contributed by atoms with Crippen LogP contribution in [-0.2, 0) is 20.8 Å². The zero-order chi connectivity index (χ0) is 20.4. The molecule has 1 aromatic carbocycles. The van der Waals surface area contributed by atoms with Gasteiger partial charge in [-0.15, -0.1) is 0 Å². The second kappa shape index (κ2) is 8.41. The number of amides is 3. The van der Waals surface area contributed by atoms with Crippen LogP contribution in [0.1, 0.15) is 18.4 Å². The van der Waals surface area contributed by atoms with Gasteiger partial charge in [-0.25, -0.2) is 0 Å². The molecule has 1 aromatic rings. The molecule has 2 N–H and O–H groups in total. The number of piperazine rings is 2. The third kappa shape index (κ3) is 4.07. The molecular formula is C21H28N4O4. The van der Waals surface area contributed by atoms with Gasteiger partial charge in [0.2, 0.25) is 17.7 Å². The molecule has 3 heterocycles. The Kier molecular flexibility index (Phi) is 5.71. The Morgan fingerprint density at radius 1 is 1.14 bits per heavy atom. The molecule has 0 spiro atoms. The molecule has 0 aliphatic carbocycles. The maximum Gasteiger partial charge on any atom is 0.246 e. The normalized spacial score (nSPS) is 25.4. The first-order valence-corrected chi connectivity index (χ1v) is 10.3. The van der Waals surface area contributed by atoms with Crippen molar-refractivity contribution in [3.8, 4) is 5.75 Å². The summed E-state index contributed by atoms with van der Waals surface area (Å²) in [5.74, 6) is 0.646. The smallest absolute Gasteiger partial charge is 0.246 e. The van der Waals surface area contributed by atoms with Gasteiger partial charge in [-0.05, 0) is 43.6 Å². The van der Waals surface area contributed by atoms with Gasteiger partial charge >= 0.3 is 0 Å². The summed E-state index contributed by atoms with van der Waals surface area (Å²) in [4.78, 5) is 42.0. The third-order valence-electron chi connectivity index (χ3n) is 6.18. The molecule has 4 rings (SSSR count). The van der Waals surface area contributed by atoms with Crippen LogP contribution < -0.4 is 15.4 Å². The molecule has 3 aliphatic heterocycles. The lowest BCUT2D eigenvalue weighted by atomic mass is 9.94. The molecule has 0 aromatic heterocycles. The molecule has 2 atom stereocenters. The van der Waals surface area contributed by atoms with Crippen LogP contribution in [0.25, 0.3) is 0 Å². The van der Waals surface area contributed by atoms with Crippen LogP contribution in [0, 0.1) is 5.92 Å². The van der Waals surface area contributed by atoms with Crippen molar-refractivity contribution >= 4 is 17.7 Å². The SMILES string of the molecule is COc1ccc(C[C@H]2NC(=O)[C@H]3CN(C(=O)C4CCNCC4)CCN3C2=O)cc1. The van der Waals surface area contributed by atoms with Gasteiger partial charge in [0, 0.05) is 25.4 Å². The van der Waals surface area contributed by atoms with Crippen LogP contribution in [0.3, 0.4) is 0 Å². The number of methoxy groups -OCH3 is 1. The molecule has 0 saturated carbocycles. The van der Waals surface area contributed by atoms with E-state index < -0.39 is 12.1 Å². The summed E-state index contributed by atoms with van der Waals surface area (Å²) < 4.78 is 5.16. The molecule has 29 heavy (non-hydrogen) atoms. The van der Waals surface area contributed by atoms with Crippen molar-refractivity contribution in [1.29, 1.82) is 0 Å². The average molecular weight is 400 g/mol. The predicted octanol–water partition coefficient (Wildman–Crippen LogP) is -0.225. The number of rotatable bonds is 4. The maximum absolute atomic E-state index is 13.0. The number of hydrogen-bond donors (Lipinski definition) is 2. The van der Waals surface area contributed by atoms with Gasteiger partial charge in [-0.2, -0.15) is 0 Å². The van der Waals surface area contributed by atoms with E-state index in [4.69, 9.17) is 4.74 Å². The first kappa shape index (κ1) is 19.7. The number of fused-ring (bicyclic) bond motifs is 1. The standard InChI is InChI=1S/C21H28N4O4/c1-29-16-4-2-14(3-5-16)12-17-21(28)25-11-10-24(13-18(25)19(26)23-17)20(27)15-6-8-22-9-7-15/h2-5,15,17-18,22H,6-13H2,1H3,(H,23,26)/t17-,18-/m1/s1. The van der Waals surface area contributed by atoms with Crippen LogP contribution in [0.15, 0.2) is 24.3 Å². The minimum atomic E-state index is -0.589. The Balaban J connectivity index is 1.40. The monoisotopic (exact) mass is 400 g/mol. The number of benzene rings is 1. The van der Waals surface area contributed by atoms with Gasteiger partial charge in [-0.3, -0.25) is 14.4 Å². The summed E-state index contributed by atoms with van der Waals surface area (Å²) >= 11 is 0. The molecule has 3 saturated heterocycles. The van der Waals surface area contributed by atoms with E-state index in [2.05, 4.69) is 10.6 Å². The minimum absolute atomic E-state index is 0.0213. The zero-order valence-electron chi connectivity index (χ0n) is 16.7. The molecule has 0 bridgehead atoms. The van der Waals surface area contributed by atoms with Crippen LogP contribution >= 0.6 is 0 Å². The second-order valence-corrected chi connectivity index (χ2v) is 7.97. The molecule has 3 amide bonds. The van der Waals surface area contributed by atoms with E-state index >= 15 is 0 Å². The van der Waals surface area contributed by atoms with Crippen molar-refractivity contribution in [2.75, 3.05) is 39.8 Å². The number of nitrogens with zero attached hydrogens (tertiary/aromatic N) is 2. The summed E-state index contributed by atoms with van der Waals surface area (Å²) in [7, 11) is 1.61. The number of ether oxygens (including phenoxy) is 1. The van der Waals surface area contributed by atoms with Crippen molar-refractivity contribution in [3.63, 3.8) is 0 Å². The van der Waals surface area contributed by atoms with Gasteiger partial charge in [0.05, 0.1) is 13.7 Å². The summed E-state index contributed by atoms with van der Waals surface area (Å²) in [6, 6.07) is 6.34. The number of carbonyl (C=O) groups excluding carboxylic acids is 3. The molecular weight excluding hydrogens is 372 g/mol. The van der Waals surface area contributed by atoms with Gasteiger partial charge in [-0.1, -0.05) is 12.1 Å². The van der Waals surface area contributed by atoms with Gasteiger partial charge < -0.3 is 25.2 Å². The summed E-state index contributed by atoms with van der Waals surface area (Å²) in [6.45, 7) is 2.90. The second-order valence-electron chi connectivity index (χ2n) is 7.97. The third-order valence-corrected chi connectivity index (χ3v) is 6.18. The van der Waals surface area contributed by atoms with Gasteiger partial charge in [0.15, 0.2) is 0 Å². The minimum Gasteiger partial charge on any atom is -0.497 e. The van der Waals surface area contributed by atoms with E-state index in [1.165, 1.54) is 0 Å². The first-order chi connectivity index (χ1) is 14.1. The Labute approximate surface area is 170 Å². The highest BCUT2D eigenvalue weighted by Crippen LogP contribution is 2.22. The number of carbonyl (C=O) groups is 3. The summed E-state index contributed by atoms with van der Waals surface area (Å²) in [5.41, 5.74) is 0.961. The Morgan fingerprint density at radius 2 is 1.86 bits per heavy atom. The fraction of sp³-hybridized carbons (Fsp3) is 0.571. The van der Waals surface area contributed by atoms with Crippen LogP contribution in [0.5, 0.6) is 5.75 Å². The lowest BCUT2D eigenvalue weighted by molar-refractivity contribution is -0.156. The largest absolute Gasteiger partial charge is 0.497 e. The van der Waals surface area contributed by atoms with Crippen LogP contribution in [0.2, 0.25) is 0 Å². The predicted molar refractivity (Wildman–Crippen MR) is 106 cm³/mol. The molecule has 0 radical (unpaired) electrons. The van der Waals surface area contributed by atoms with E-state index in [0.717, 1.165) is 37.2 Å².